The number of aryl methyl sites for hydroxylation is 3. The van der Waals surface area contributed by atoms with E-state index in [1.807, 2.05) is 63.2 Å². The van der Waals surface area contributed by atoms with Gasteiger partial charge in [-0.15, -0.1) is 0 Å². The van der Waals surface area contributed by atoms with E-state index in [9.17, 15) is 4.79 Å². The van der Waals surface area contributed by atoms with Crippen molar-refractivity contribution in [2.75, 3.05) is 6.61 Å². The highest BCUT2D eigenvalue weighted by molar-refractivity contribution is 5.82. The van der Waals surface area contributed by atoms with Gasteiger partial charge in [-0.1, -0.05) is 47.5 Å². The van der Waals surface area contributed by atoms with E-state index in [4.69, 9.17) is 4.74 Å². The monoisotopic (exact) mass is 296 g/mol. The van der Waals surface area contributed by atoms with Crippen molar-refractivity contribution >= 4 is 12.1 Å². The standard InChI is InChI=1S/C18H20N2O2/c1-13-4-7-16(8-5-13)11-19-20-18(21)12-22-17-9-6-14(2)10-15(17)3/h4-11H,12H2,1-3H3,(H,20,21). The van der Waals surface area contributed by atoms with E-state index >= 15 is 0 Å². The van der Waals surface area contributed by atoms with Gasteiger partial charge in [-0.2, -0.15) is 5.10 Å². The lowest BCUT2D eigenvalue weighted by Gasteiger charge is -2.08. The van der Waals surface area contributed by atoms with E-state index in [1.54, 1.807) is 6.21 Å². The molecule has 0 fully saturated rings. The molecule has 0 atom stereocenters. The minimum absolute atomic E-state index is 0.0604. The van der Waals surface area contributed by atoms with Crippen LogP contribution in [0.4, 0.5) is 0 Å². The van der Waals surface area contributed by atoms with Gasteiger partial charge in [0.25, 0.3) is 5.91 Å². The molecule has 114 valence electrons. The first-order valence-electron chi connectivity index (χ1n) is 7.13. The molecule has 0 aliphatic heterocycles. The highest BCUT2D eigenvalue weighted by Gasteiger charge is 2.04. The molecule has 1 amide bonds. The van der Waals surface area contributed by atoms with Crippen molar-refractivity contribution in [1.29, 1.82) is 0 Å². The molecule has 0 aliphatic rings. The smallest absolute Gasteiger partial charge is 0.277 e. The molecule has 0 unspecified atom stereocenters. The average Bonchev–Trinajstić information content (AvgIpc) is 2.48. The molecule has 2 aromatic carbocycles. The fraction of sp³-hybridized carbons (Fsp3) is 0.222. The van der Waals surface area contributed by atoms with Crippen LogP contribution >= 0.6 is 0 Å². The summed E-state index contributed by atoms with van der Waals surface area (Å²) in [5.74, 6) is 0.423. The lowest BCUT2D eigenvalue weighted by molar-refractivity contribution is -0.123. The predicted octanol–water partition coefficient (Wildman–Crippen LogP) is 3.14. The first-order valence-corrected chi connectivity index (χ1v) is 7.13. The van der Waals surface area contributed by atoms with E-state index in [0.717, 1.165) is 16.7 Å². The van der Waals surface area contributed by atoms with Crippen LogP contribution in [0.5, 0.6) is 5.75 Å². The number of ether oxygens (including phenoxy) is 1. The Bertz CT molecular complexity index is 676. The Morgan fingerprint density at radius 1 is 1.09 bits per heavy atom. The van der Waals surface area contributed by atoms with Crippen molar-refractivity contribution in [2.45, 2.75) is 20.8 Å². The Balaban J connectivity index is 1.81. The second-order valence-electron chi connectivity index (χ2n) is 5.26. The van der Waals surface area contributed by atoms with Crippen LogP contribution in [-0.2, 0) is 4.79 Å². The molecule has 0 aromatic heterocycles. The minimum atomic E-state index is -0.289. The van der Waals surface area contributed by atoms with Crippen molar-refractivity contribution < 1.29 is 9.53 Å². The second kappa shape index (κ2) is 7.41. The van der Waals surface area contributed by atoms with Crippen LogP contribution in [0.3, 0.4) is 0 Å². The average molecular weight is 296 g/mol. The zero-order valence-electron chi connectivity index (χ0n) is 13.1. The summed E-state index contributed by atoms with van der Waals surface area (Å²) in [6.45, 7) is 5.93. The summed E-state index contributed by atoms with van der Waals surface area (Å²) >= 11 is 0. The van der Waals surface area contributed by atoms with Gasteiger partial charge in [-0.25, -0.2) is 5.43 Å². The molecule has 0 spiro atoms. The molecule has 4 nitrogen and oxygen atoms in total. The van der Waals surface area contributed by atoms with Gasteiger partial charge >= 0.3 is 0 Å². The Labute approximate surface area is 130 Å². The van der Waals surface area contributed by atoms with Gasteiger partial charge in [-0.3, -0.25) is 4.79 Å². The molecule has 0 heterocycles. The first-order chi connectivity index (χ1) is 10.5. The maximum Gasteiger partial charge on any atom is 0.277 e. The number of hydrogen-bond donors (Lipinski definition) is 1. The molecule has 4 heteroatoms. The molecule has 2 rings (SSSR count). The highest BCUT2D eigenvalue weighted by atomic mass is 16.5. The van der Waals surface area contributed by atoms with E-state index in [0.29, 0.717) is 5.75 Å². The summed E-state index contributed by atoms with van der Waals surface area (Å²) in [6, 6.07) is 13.7. The van der Waals surface area contributed by atoms with Crippen molar-refractivity contribution in [3.05, 3.63) is 64.7 Å². The maximum absolute atomic E-state index is 11.7. The van der Waals surface area contributed by atoms with E-state index < -0.39 is 0 Å². The van der Waals surface area contributed by atoms with Crippen LogP contribution in [0.1, 0.15) is 22.3 Å². The number of hydrogen-bond acceptors (Lipinski definition) is 3. The van der Waals surface area contributed by atoms with Crippen LogP contribution < -0.4 is 10.2 Å². The molecule has 0 bridgehead atoms. The van der Waals surface area contributed by atoms with E-state index in [-0.39, 0.29) is 12.5 Å². The van der Waals surface area contributed by atoms with Crippen molar-refractivity contribution in [1.82, 2.24) is 5.43 Å². The Morgan fingerprint density at radius 2 is 1.77 bits per heavy atom. The molecule has 0 saturated carbocycles. The predicted molar refractivity (Wildman–Crippen MR) is 88.3 cm³/mol. The third-order valence-electron chi connectivity index (χ3n) is 3.17. The van der Waals surface area contributed by atoms with Crippen molar-refractivity contribution in [2.24, 2.45) is 5.10 Å². The summed E-state index contributed by atoms with van der Waals surface area (Å²) in [6.07, 6.45) is 1.61. The number of carbonyl (C=O) groups is 1. The van der Waals surface area contributed by atoms with Crippen LogP contribution in [0, 0.1) is 20.8 Å². The highest BCUT2D eigenvalue weighted by Crippen LogP contribution is 2.18. The molecular weight excluding hydrogens is 276 g/mol. The van der Waals surface area contributed by atoms with E-state index in [1.165, 1.54) is 5.56 Å². The van der Waals surface area contributed by atoms with Gasteiger partial charge in [0.2, 0.25) is 0 Å². The Kier molecular flexibility index (Phi) is 5.31. The number of hydrazone groups is 1. The van der Waals surface area contributed by atoms with Gasteiger partial charge in [0.05, 0.1) is 6.21 Å². The lowest BCUT2D eigenvalue weighted by Crippen LogP contribution is -2.24. The molecular formula is C18H20N2O2. The molecule has 2 aromatic rings. The zero-order valence-corrected chi connectivity index (χ0v) is 13.1. The number of carbonyl (C=O) groups excluding carboxylic acids is 1. The van der Waals surface area contributed by atoms with Crippen LogP contribution in [0.25, 0.3) is 0 Å². The number of rotatable bonds is 5. The third-order valence-corrected chi connectivity index (χ3v) is 3.17. The molecule has 0 aliphatic carbocycles. The Morgan fingerprint density at radius 3 is 2.45 bits per heavy atom. The van der Waals surface area contributed by atoms with Gasteiger partial charge in [0.15, 0.2) is 6.61 Å². The summed E-state index contributed by atoms with van der Waals surface area (Å²) in [4.78, 5) is 11.7. The molecule has 22 heavy (non-hydrogen) atoms. The fourth-order valence-electron chi connectivity index (χ4n) is 1.97. The summed E-state index contributed by atoms with van der Waals surface area (Å²) in [5, 5.41) is 3.92. The summed E-state index contributed by atoms with van der Waals surface area (Å²) in [5.41, 5.74) is 6.74. The SMILES string of the molecule is Cc1ccc(C=NNC(=O)COc2ccc(C)cc2C)cc1. The van der Waals surface area contributed by atoms with Crippen LogP contribution in [0.2, 0.25) is 0 Å². The summed E-state index contributed by atoms with van der Waals surface area (Å²) < 4.78 is 5.49. The van der Waals surface area contributed by atoms with Crippen molar-refractivity contribution in [3.8, 4) is 5.75 Å². The minimum Gasteiger partial charge on any atom is -0.483 e. The van der Waals surface area contributed by atoms with Crippen LogP contribution in [-0.4, -0.2) is 18.7 Å². The zero-order chi connectivity index (χ0) is 15.9. The van der Waals surface area contributed by atoms with Crippen molar-refractivity contribution in [3.63, 3.8) is 0 Å². The van der Waals surface area contributed by atoms with Crippen LogP contribution in [0.15, 0.2) is 47.6 Å². The second-order valence-corrected chi connectivity index (χ2v) is 5.26. The summed E-state index contributed by atoms with van der Waals surface area (Å²) in [7, 11) is 0. The van der Waals surface area contributed by atoms with Gasteiger partial charge in [0, 0.05) is 0 Å². The lowest BCUT2D eigenvalue weighted by atomic mass is 10.1. The first kappa shape index (κ1) is 15.8. The Hall–Kier alpha value is -2.62. The molecule has 0 radical (unpaired) electrons. The number of benzene rings is 2. The quantitative estimate of drug-likeness (QED) is 0.680. The number of nitrogens with zero attached hydrogens (tertiary/aromatic N) is 1. The van der Waals surface area contributed by atoms with Gasteiger partial charge in [0.1, 0.15) is 5.75 Å². The fourth-order valence-corrected chi connectivity index (χ4v) is 1.97. The normalized spacial score (nSPS) is 10.7. The van der Waals surface area contributed by atoms with E-state index in [2.05, 4.69) is 10.5 Å². The number of amides is 1. The molecule has 1 N–H and O–H groups in total. The number of nitrogens with one attached hydrogen (secondary N) is 1. The third kappa shape index (κ3) is 4.74. The maximum atomic E-state index is 11.7. The largest absolute Gasteiger partial charge is 0.483 e. The van der Waals surface area contributed by atoms with Gasteiger partial charge in [-0.05, 0) is 38.0 Å². The molecule has 0 saturated heterocycles. The topological polar surface area (TPSA) is 50.7 Å². The van der Waals surface area contributed by atoms with Gasteiger partial charge < -0.3 is 4.74 Å².